The molecule has 0 bridgehead atoms. The zero-order chi connectivity index (χ0) is 14.2. The van der Waals surface area contributed by atoms with Gasteiger partial charge in [0.1, 0.15) is 0 Å². The Bertz CT molecular complexity index is 449. The second-order valence-corrected chi connectivity index (χ2v) is 7.59. The molecule has 2 fully saturated rings. The Morgan fingerprint density at radius 2 is 2.15 bits per heavy atom. The van der Waals surface area contributed by atoms with Gasteiger partial charge in [-0.15, -0.1) is 11.3 Å². The minimum absolute atomic E-state index is 0.0534. The maximum atomic E-state index is 10.2. The first kappa shape index (κ1) is 14.5. The van der Waals surface area contributed by atoms with E-state index in [1.54, 1.807) is 0 Å². The predicted molar refractivity (Wildman–Crippen MR) is 82.0 cm³/mol. The monoisotopic (exact) mass is 295 g/mol. The van der Waals surface area contributed by atoms with Crippen LogP contribution < -0.4 is 0 Å². The van der Waals surface area contributed by atoms with E-state index in [1.807, 2.05) is 18.3 Å². The van der Waals surface area contributed by atoms with E-state index in [0.29, 0.717) is 0 Å². The zero-order valence-corrected chi connectivity index (χ0v) is 13.3. The van der Waals surface area contributed by atoms with Crippen molar-refractivity contribution in [2.24, 2.45) is 5.41 Å². The molecule has 1 saturated heterocycles. The summed E-state index contributed by atoms with van der Waals surface area (Å²) in [6.07, 6.45) is 3.11. The van der Waals surface area contributed by atoms with Crippen molar-refractivity contribution >= 4 is 11.3 Å². The molecule has 1 aromatic heterocycles. The van der Waals surface area contributed by atoms with Gasteiger partial charge in [0.15, 0.2) is 0 Å². The van der Waals surface area contributed by atoms with Crippen LogP contribution in [0.5, 0.6) is 0 Å². The van der Waals surface area contributed by atoms with Gasteiger partial charge in [-0.2, -0.15) is 0 Å². The Morgan fingerprint density at radius 1 is 1.40 bits per heavy atom. The number of aryl methyl sites for hydroxylation is 1. The summed E-state index contributed by atoms with van der Waals surface area (Å²) < 4.78 is 5.82. The quantitative estimate of drug-likeness (QED) is 0.927. The summed E-state index contributed by atoms with van der Waals surface area (Å²) in [6, 6.07) is 4.44. The van der Waals surface area contributed by atoms with Crippen LogP contribution in [-0.4, -0.2) is 41.9 Å². The van der Waals surface area contributed by atoms with Crippen molar-refractivity contribution in [3.63, 3.8) is 0 Å². The molecule has 1 N–H and O–H groups in total. The Kier molecular flexibility index (Phi) is 4.18. The molecule has 20 heavy (non-hydrogen) atoms. The maximum Gasteiger partial charge on any atom is 0.0681 e. The average molecular weight is 295 g/mol. The van der Waals surface area contributed by atoms with Crippen LogP contribution in [0, 0.1) is 12.3 Å². The molecule has 2 unspecified atom stereocenters. The molecule has 1 aliphatic heterocycles. The van der Waals surface area contributed by atoms with Gasteiger partial charge in [0, 0.05) is 34.7 Å². The third-order valence-corrected chi connectivity index (χ3v) is 6.06. The lowest BCUT2D eigenvalue weighted by molar-refractivity contribution is -0.209. The Morgan fingerprint density at radius 3 is 2.70 bits per heavy atom. The predicted octanol–water partition coefficient (Wildman–Crippen LogP) is 2.81. The van der Waals surface area contributed by atoms with Crippen LogP contribution in [0.1, 0.15) is 35.9 Å². The fourth-order valence-corrected chi connectivity index (χ4v) is 4.67. The SMILES string of the molecule is CCOC1CC(O)C12CCN(Cc1ccc(C)s1)CC2. The summed E-state index contributed by atoms with van der Waals surface area (Å²) in [7, 11) is 0. The molecule has 1 spiro atoms. The number of piperidine rings is 1. The van der Waals surface area contributed by atoms with Crippen LogP contribution in [-0.2, 0) is 11.3 Å². The number of aliphatic hydroxyl groups is 1. The first-order valence-corrected chi connectivity index (χ1v) is 8.53. The van der Waals surface area contributed by atoms with Crippen molar-refractivity contribution in [3.8, 4) is 0 Å². The highest BCUT2D eigenvalue weighted by molar-refractivity contribution is 7.11. The normalized spacial score (nSPS) is 29.6. The van der Waals surface area contributed by atoms with E-state index in [2.05, 4.69) is 24.0 Å². The Hall–Kier alpha value is -0.420. The maximum absolute atomic E-state index is 10.2. The number of ether oxygens (including phenoxy) is 1. The second kappa shape index (κ2) is 5.76. The van der Waals surface area contributed by atoms with Crippen LogP contribution in [0.4, 0.5) is 0 Å². The fraction of sp³-hybridized carbons (Fsp3) is 0.750. The lowest BCUT2D eigenvalue weighted by Gasteiger charge is -2.56. The number of nitrogens with zero attached hydrogens (tertiary/aromatic N) is 1. The first-order chi connectivity index (χ1) is 9.64. The molecule has 112 valence electrons. The Balaban J connectivity index is 1.56. The fourth-order valence-electron chi connectivity index (χ4n) is 3.73. The van der Waals surface area contributed by atoms with Crippen LogP contribution in [0.25, 0.3) is 0 Å². The van der Waals surface area contributed by atoms with Gasteiger partial charge in [-0.25, -0.2) is 0 Å². The minimum atomic E-state index is -0.148. The average Bonchev–Trinajstić information content (AvgIpc) is 2.85. The largest absolute Gasteiger partial charge is 0.392 e. The van der Waals surface area contributed by atoms with Crippen LogP contribution >= 0.6 is 11.3 Å². The van der Waals surface area contributed by atoms with E-state index in [9.17, 15) is 5.11 Å². The third kappa shape index (κ3) is 2.54. The topological polar surface area (TPSA) is 32.7 Å². The van der Waals surface area contributed by atoms with E-state index < -0.39 is 0 Å². The minimum Gasteiger partial charge on any atom is -0.392 e. The van der Waals surface area contributed by atoms with Gasteiger partial charge >= 0.3 is 0 Å². The molecule has 0 amide bonds. The van der Waals surface area contributed by atoms with Crippen molar-refractivity contribution in [1.29, 1.82) is 0 Å². The smallest absolute Gasteiger partial charge is 0.0681 e. The van der Waals surface area contributed by atoms with E-state index in [-0.39, 0.29) is 17.6 Å². The molecular weight excluding hydrogens is 270 g/mol. The lowest BCUT2D eigenvalue weighted by Crippen LogP contribution is -2.62. The molecule has 2 aliphatic rings. The van der Waals surface area contributed by atoms with E-state index in [1.165, 1.54) is 9.75 Å². The van der Waals surface area contributed by atoms with Crippen LogP contribution in [0.15, 0.2) is 12.1 Å². The van der Waals surface area contributed by atoms with Gasteiger partial charge in [0.25, 0.3) is 0 Å². The van der Waals surface area contributed by atoms with Gasteiger partial charge in [0.05, 0.1) is 12.2 Å². The van der Waals surface area contributed by atoms with Gasteiger partial charge in [-0.1, -0.05) is 0 Å². The van der Waals surface area contributed by atoms with Crippen molar-refractivity contribution in [1.82, 2.24) is 4.90 Å². The van der Waals surface area contributed by atoms with Crippen molar-refractivity contribution in [2.45, 2.75) is 51.9 Å². The molecule has 3 nitrogen and oxygen atoms in total. The molecular formula is C16H25NO2S. The van der Waals surface area contributed by atoms with Crippen molar-refractivity contribution in [3.05, 3.63) is 21.9 Å². The van der Waals surface area contributed by atoms with Crippen molar-refractivity contribution < 1.29 is 9.84 Å². The molecule has 2 atom stereocenters. The number of aliphatic hydroxyl groups excluding tert-OH is 1. The van der Waals surface area contributed by atoms with Crippen molar-refractivity contribution in [2.75, 3.05) is 19.7 Å². The van der Waals surface area contributed by atoms with Crippen LogP contribution in [0.2, 0.25) is 0 Å². The van der Waals surface area contributed by atoms with E-state index in [4.69, 9.17) is 4.74 Å². The molecule has 1 aliphatic carbocycles. The Labute approximate surface area is 125 Å². The first-order valence-electron chi connectivity index (χ1n) is 7.71. The zero-order valence-electron chi connectivity index (χ0n) is 12.5. The number of thiophene rings is 1. The molecule has 1 saturated carbocycles. The summed E-state index contributed by atoms with van der Waals surface area (Å²) in [5.74, 6) is 0. The molecule has 3 rings (SSSR count). The lowest BCUT2D eigenvalue weighted by atomic mass is 9.58. The molecule has 0 radical (unpaired) electrons. The number of likely N-dealkylation sites (tertiary alicyclic amines) is 1. The van der Waals surface area contributed by atoms with Gasteiger partial charge in [-0.3, -0.25) is 4.90 Å². The highest BCUT2D eigenvalue weighted by Crippen LogP contribution is 2.51. The number of hydrogen-bond donors (Lipinski definition) is 1. The summed E-state index contributed by atoms with van der Waals surface area (Å²) >= 11 is 1.89. The number of hydrogen-bond acceptors (Lipinski definition) is 4. The summed E-state index contributed by atoms with van der Waals surface area (Å²) in [5.41, 5.74) is 0.0534. The highest BCUT2D eigenvalue weighted by atomic mass is 32.1. The molecule has 0 aromatic carbocycles. The molecule has 4 heteroatoms. The van der Waals surface area contributed by atoms with E-state index in [0.717, 1.165) is 45.5 Å². The van der Waals surface area contributed by atoms with Gasteiger partial charge < -0.3 is 9.84 Å². The van der Waals surface area contributed by atoms with Crippen LogP contribution in [0.3, 0.4) is 0 Å². The summed E-state index contributed by atoms with van der Waals surface area (Å²) in [5, 5.41) is 10.2. The highest BCUT2D eigenvalue weighted by Gasteiger charge is 2.55. The van der Waals surface area contributed by atoms with Gasteiger partial charge in [-0.05, 0) is 51.9 Å². The molecule has 1 aromatic rings. The number of rotatable bonds is 4. The third-order valence-electron chi connectivity index (χ3n) is 5.07. The standard InChI is InChI=1S/C16H25NO2S/c1-3-19-15-10-14(18)16(15)6-8-17(9-7-16)11-13-5-4-12(2)20-13/h4-5,14-15,18H,3,6-11H2,1-2H3. The van der Waals surface area contributed by atoms with Gasteiger partial charge in [0.2, 0.25) is 0 Å². The summed E-state index contributed by atoms with van der Waals surface area (Å²) in [6.45, 7) is 8.19. The second-order valence-electron chi connectivity index (χ2n) is 6.22. The summed E-state index contributed by atoms with van der Waals surface area (Å²) in [4.78, 5) is 5.36. The molecule has 2 heterocycles. The van der Waals surface area contributed by atoms with E-state index >= 15 is 0 Å².